The number of carbonyl (C=O) groups excluding carboxylic acids is 2. The van der Waals surface area contributed by atoms with Gasteiger partial charge in [0.05, 0.1) is 5.92 Å². The molecule has 2 aromatic carbocycles. The second kappa shape index (κ2) is 6.74. The molecule has 4 atom stereocenters. The minimum Gasteiger partial charge on any atom is -0.327 e. The average molecular weight is 375 g/mol. The lowest BCUT2D eigenvalue weighted by molar-refractivity contribution is -0.121. The van der Waals surface area contributed by atoms with Crippen LogP contribution in [0.2, 0.25) is 0 Å². The summed E-state index contributed by atoms with van der Waals surface area (Å²) in [6.07, 6.45) is 4.20. The summed E-state index contributed by atoms with van der Waals surface area (Å²) in [7, 11) is 0. The third-order valence-electron chi connectivity index (χ3n) is 6.79. The molecule has 1 heterocycles. The van der Waals surface area contributed by atoms with Crippen LogP contribution in [0.5, 0.6) is 0 Å². The van der Waals surface area contributed by atoms with Crippen LogP contribution in [0.15, 0.2) is 48.5 Å². The summed E-state index contributed by atoms with van der Waals surface area (Å²) >= 11 is 0. The van der Waals surface area contributed by atoms with E-state index in [9.17, 15) is 9.59 Å². The van der Waals surface area contributed by atoms with Gasteiger partial charge >= 0.3 is 0 Å². The number of para-hydroxylation sites is 1. The van der Waals surface area contributed by atoms with Crippen molar-refractivity contribution in [2.45, 2.75) is 31.7 Å². The number of amides is 2. The number of anilines is 2. The molecule has 144 valence electrons. The van der Waals surface area contributed by atoms with Crippen molar-refractivity contribution in [1.29, 1.82) is 0 Å². The van der Waals surface area contributed by atoms with Crippen LogP contribution in [0.1, 0.15) is 35.2 Å². The quantitative estimate of drug-likeness (QED) is 0.865. The molecule has 2 fully saturated rings. The Bertz CT molecular complexity index is 939. The number of nitrogens with one attached hydrogen (secondary N) is 1. The number of nitrogens with two attached hydrogens (primary N) is 1. The van der Waals surface area contributed by atoms with Crippen LogP contribution >= 0.6 is 0 Å². The fourth-order valence-corrected chi connectivity index (χ4v) is 5.39. The fraction of sp³-hybridized carbons (Fsp3) is 0.391. The van der Waals surface area contributed by atoms with Crippen molar-refractivity contribution in [2.75, 3.05) is 16.8 Å². The minimum atomic E-state index is -0.108. The normalized spacial score (nSPS) is 27.7. The van der Waals surface area contributed by atoms with Crippen molar-refractivity contribution in [3.8, 4) is 0 Å². The number of nitrogens with zero attached hydrogens (tertiary/aromatic N) is 1. The summed E-state index contributed by atoms with van der Waals surface area (Å²) in [4.78, 5) is 27.7. The molecule has 0 spiro atoms. The standard InChI is InChI=1S/C23H25N3O2/c24-21-16-9-8-15(12-16)20(21)22(27)25-18-6-3-5-17(13-18)23(28)26-11-10-14-4-1-2-7-19(14)26/h1-7,13,15-16,20-21H,8-12,24H2,(H,25,27). The highest BCUT2D eigenvalue weighted by Gasteiger charge is 2.49. The van der Waals surface area contributed by atoms with Crippen molar-refractivity contribution in [3.05, 3.63) is 59.7 Å². The predicted molar refractivity (Wildman–Crippen MR) is 109 cm³/mol. The molecule has 0 radical (unpaired) electrons. The Morgan fingerprint density at radius 3 is 2.68 bits per heavy atom. The van der Waals surface area contributed by atoms with E-state index in [2.05, 4.69) is 11.4 Å². The molecule has 2 amide bonds. The smallest absolute Gasteiger partial charge is 0.258 e. The van der Waals surface area contributed by atoms with E-state index in [0.29, 0.717) is 29.6 Å². The van der Waals surface area contributed by atoms with Crippen LogP contribution < -0.4 is 16.0 Å². The van der Waals surface area contributed by atoms with Gasteiger partial charge in [0.2, 0.25) is 5.91 Å². The summed E-state index contributed by atoms with van der Waals surface area (Å²) in [5.41, 5.74) is 9.74. The van der Waals surface area contributed by atoms with E-state index in [1.54, 1.807) is 6.07 Å². The third kappa shape index (κ3) is 2.81. The molecular weight excluding hydrogens is 350 g/mol. The highest BCUT2D eigenvalue weighted by molar-refractivity contribution is 6.08. The Labute approximate surface area is 164 Å². The Morgan fingerprint density at radius 2 is 1.86 bits per heavy atom. The highest BCUT2D eigenvalue weighted by Crippen LogP contribution is 2.47. The fourth-order valence-electron chi connectivity index (χ4n) is 5.39. The lowest BCUT2D eigenvalue weighted by atomic mass is 9.84. The molecule has 2 saturated carbocycles. The molecule has 3 aliphatic rings. The molecule has 2 aromatic rings. The first-order valence-corrected chi connectivity index (χ1v) is 10.2. The van der Waals surface area contributed by atoms with Gasteiger partial charge in [0.1, 0.15) is 0 Å². The van der Waals surface area contributed by atoms with Crippen LogP contribution in [-0.2, 0) is 11.2 Å². The van der Waals surface area contributed by atoms with Gasteiger partial charge in [-0.2, -0.15) is 0 Å². The van der Waals surface area contributed by atoms with Gasteiger partial charge in [-0.15, -0.1) is 0 Å². The van der Waals surface area contributed by atoms with Gasteiger partial charge in [-0.05, 0) is 67.3 Å². The zero-order chi connectivity index (χ0) is 19.3. The number of benzene rings is 2. The number of fused-ring (bicyclic) bond motifs is 3. The van der Waals surface area contributed by atoms with Crippen molar-refractivity contribution in [1.82, 2.24) is 0 Å². The zero-order valence-corrected chi connectivity index (χ0v) is 15.8. The molecule has 0 saturated heterocycles. The molecule has 2 aliphatic carbocycles. The van der Waals surface area contributed by atoms with E-state index in [0.717, 1.165) is 31.4 Å². The van der Waals surface area contributed by atoms with Crippen molar-refractivity contribution < 1.29 is 9.59 Å². The van der Waals surface area contributed by atoms with E-state index in [4.69, 9.17) is 5.73 Å². The van der Waals surface area contributed by atoms with Gasteiger partial charge in [0.15, 0.2) is 0 Å². The van der Waals surface area contributed by atoms with Gasteiger partial charge in [0, 0.05) is 29.5 Å². The van der Waals surface area contributed by atoms with Crippen LogP contribution in [0.3, 0.4) is 0 Å². The summed E-state index contributed by atoms with van der Waals surface area (Å²) in [6.45, 7) is 0.689. The molecule has 28 heavy (non-hydrogen) atoms. The summed E-state index contributed by atoms with van der Waals surface area (Å²) in [6, 6.07) is 15.2. The maximum Gasteiger partial charge on any atom is 0.258 e. The molecule has 3 N–H and O–H groups in total. The summed E-state index contributed by atoms with van der Waals surface area (Å²) in [5, 5.41) is 3.01. The Balaban J connectivity index is 1.33. The maximum atomic E-state index is 13.1. The SMILES string of the molecule is NC1C2CCC(C2)C1C(=O)Nc1cccc(C(=O)N2CCc3ccccc32)c1. The lowest BCUT2D eigenvalue weighted by Gasteiger charge is -2.27. The topological polar surface area (TPSA) is 75.4 Å². The second-order valence-corrected chi connectivity index (χ2v) is 8.34. The largest absolute Gasteiger partial charge is 0.327 e. The second-order valence-electron chi connectivity index (χ2n) is 8.34. The lowest BCUT2D eigenvalue weighted by Crippen LogP contribution is -2.42. The van der Waals surface area contributed by atoms with Gasteiger partial charge in [-0.1, -0.05) is 24.3 Å². The Hall–Kier alpha value is -2.66. The van der Waals surface area contributed by atoms with Crippen LogP contribution in [0.25, 0.3) is 0 Å². The van der Waals surface area contributed by atoms with Gasteiger partial charge in [-0.25, -0.2) is 0 Å². The van der Waals surface area contributed by atoms with E-state index in [1.165, 1.54) is 5.56 Å². The van der Waals surface area contributed by atoms with Gasteiger partial charge in [-0.3, -0.25) is 9.59 Å². The number of hydrogen-bond acceptors (Lipinski definition) is 3. The van der Waals surface area contributed by atoms with Crippen LogP contribution in [-0.4, -0.2) is 24.4 Å². The van der Waals surface area contributed by atoms with Crippen LogP contribution in [0, 0.1) is 17.8 Å². The number of hydrogen-bond donors (Lipinski definition) is 2. The van der Waals surface area contributed by atoms with Gasteiger partial charge < -0.3 is 16.0 Å². The Morgan fingerprint density at radius 1 is 1.04 bits per heavy atom. The summed E-state index contributed by atoms with van der Waals surface area (Å²) < 4.78 is 0. The average Bonchev–Trinajstić information content (AvgIpc) is 3.42. The molecule has 5 nitrogen and oxygen atoms in total. The molecule has 1 aliphatic heterocycles. The zero-order valence-electron chi connectivity index (χ0n) is 15.8. The van der Waals surface area contributed by atoms with Crippen molar-refractivity contribution in [2.24, 2.45) is 23.5 Å². The van der Waals surface area contributed by atoms with E-state index in [1.807, 2.05) is 41.3 Å². The molecule has 0 aromatic heterocycles. The van der Waals surface area contributed by atoms with Gasteiger partial charge in [0.25, 0.3) is 5.91 Å². The minimum absolute atomic E-state index is 0.00387. The first-order chi connectivity index (χ1) is 13.6. The van der Waals surface area contributed by atoms with Crippen molar-refractivity contribution in [3.63, 3.8) is 0 Å². The molecule has 2 bridgehead atoms. The van der Waals surface area contributed by atoms with Crippen molar-refractivity contribution >= 4 is 23.2 Å². The summed E-state index contributed by atoms with van der Waals surface area (Å²) in [5.74, 6) is 0.756. The first-order valence-electron chi connectivity index (χ1n) is 10.2. The maximum absolute atomic E-state index is 13.1. The monoisotopic (exact) mass is 375 g/mol. The van der Waals surface area contributed by atoms with E-state index < -0.39 is 0 Å². The van der Waals surface area contributed by atoms with E-state index >= 15 is 0 Å². The molecule has 4 unspecified atom stereocenters. The molecule has 5 heteroatoms. The highest BCUT2D eigenvalue weighted by atomic mass is 16.2. The Kier molecular flexibility index (Phi) is 4.20. The number of carbonyl (C=O) groups is 2. The number of rotatable bonds is 3. The van der Waals surface area contributed by atoms with Crippen LogP contribution in [0.4, 0.5) is 11.4 Å². The molecular formula is C23H25N3O2. The third-order valence-corrected chi connectivity index (χ3v) is 6.79. The molecule has 5 rings (SSSR count). The first kappa shape index (κ1) is 17.4. The predicted octanol–water partition coefficient (Wildman–Crippen LogP) is 3.20. The van der Waals surface area contributed by atoms with E-state index in [-0.39, 0.29) is 23.8 Å².